The summed E-state index contributed by atoms with van der Waals surface area (Å²) in [6, 6.07) is 12.1. The minimum Gasteiger partial charge on any atom is -0.491 e. The number of benzene rings is 2. The Labute approximate surface area is 205 Å². The molecule has 0 saturated carbocycles. The van der Waals surface area contributed by atoms with Crippen LogP contribution in [0.5, 0.6) is 5.75 Å². The van der Waals surface area contributed by atoms with Gasteiger partial charge >= 0.3 is 5.97 Å². The molecule has 4 N–H and O–H groups in total. The van der Waals surface area contributed by atoms with Gasteiger partial charge in [0.15, 0.2) is 0 Å². The number of fused-ring (bicyclic) bond motifs is 1. The molecule has 34 heavy (non-hydrogen) atoms. The van der Waals surface area contributed by atoms with E-state index in [1.807, 2.05) is 32.0 Å². The summed E-state index contributed by atoms with van der Waals surface area (Å²) in [5.41, 5.74) is 3.81. The summed E-state index contributed by atoms with van der Waals surface area (Å²) in [5.74, 6) is -1.00. The van der Waals surface area contributed by atoms with Crippen molar-refractivity contribution in [2.24, 2.45) is 0 Å². The lowest BCUT2D eigenvalue weighted by molar-refractivity contribution is -0.138. The molecule has 0 fully saturated rings. The van der Waals surface area contributed by atoms with Crippen LogP contribution >= 0.6 is 12.4 Å². The highest BCUT2D eigenvalue weighted by molar-refractivity contribution is 5.93. The van der Waals surface area contributed by atoms with Gasteiger partial charge in [-0.25, -0.2) is 0 Å². The SMILES string of the molecule is CC(C)Oc1ccc(C(CC(=O)O)NC(=O)CCC(=O)Nc2ccc3c(c2)CNCC3)cc1.Cl. The average molecular weight is 490 g/mol. The largest absolute Gasteiger partial charge is 0.491 e. The van der Waals surface area contributed by atoms with Crippen molar-refractivity contribution in [1.82, 2.24) is 10.6 Å². The Bertz CT molecular complexity index is 995. The highest BCUT2D eigenvalue weighted by Gasteiger charge is 2.19. The van der Waals surface area contributed by atoms with Gasteiger partial charge in [0.2, 0.25) is 11.8 Å². The maximum Gasteiger partial charge on any atom is 0.305 e. The molecular formula is C25H32ClN3O5. The number of carbonyl (C=O) groups excluding carboxylic acids is 2. The highest BCUT2D eigenvalue weighted by atomic mass is 35.5. The zero-order chi connectivity index (χ0) is 23.8. The van der Waals surface area contributed by atoms with E-state index in [-0.39, 0.29) is 49.6 Å². The summed E-state index contributed by atoms with van der Waals surface area (Å²) in [7, 11) is 0. The first-order valence-electron chi connectivity index (χ1n) is 11.2. The van der Waals surface area contributed by atoms with Gasteiger partial charge in [0, 0.05) is 25.1 Å². The molecule has 1 heterocycles. The number of amides is 2. The number of hydrogen-bond donors (Lipinski definition) is 4. The Balaban J connectivity index is 0.00000408. The molecule has 0 radical (unpaired) electrons. The van der Waals surface area contributed by atoms with Gasteiger partial charge in [-0.1, -0.05) is 18.2 Å². The zero-order valence-corrected chi connectivity index (χ0v) is 20.2. The number of halogens is 1. The third-order valence-corrected chi connectivity index (χ3v) is 5.32. The molecule has 2 amide bonds. The van der Waals surface area contributed by atoms with Crippen LogP contribution in [0.3, 0.4) is 0 Å². The van der Waals surface area contributed by atoms with E-state index in [4.69, 9.17) is 4.74 Å². The number of nitrogens with one attached hydrogen (secondary N) is 3. The van der Waals surface area contributed by atoms with Crippen LogP contribution in [0, 0.1) is 0 Å². The topological polar surface area (TPSA) is 117 Å². The Kier molecular flexibility index (Phi) is 10.3. The van der Waals surface area contributed by atoms with E-state index in [2.05, 4.69) is 16.0 Å². The molecule has 0 aromatic heterocycles. The Hall–Kier alpha value is -3.10. The first-order valence-corrected chi connectivity index (χ1v) is 11.2. The normalized spacial score (nSPS) is 13.3. The van der Waals surface area contributed by atoms with Crippen LogP contribution in [0.4, 0.5) is 5.69 Å². The molecule has 2 aromatic carbocycles. The molecule has 0 aliphatic carbocycles. The molecule has 9 heteroatoms. The van der Waals surface area contributed by atoms with E-state index in [0.717, 1.165) is 25.1 Å². The van der Waals surface area contributed by atoms with Gasteiger partial charge in [0.25, 0.3) is 0 Å². The molecule has 0 spiro atoms. The summed E-state index contributed by atoms with van der Waals surface area (Å²) in [4.78, 5) is 36.1. The molecule has 0 bridgehead atoms. The van der Waals surface area contributed by atoms with Gasteiger partial charge in [-0.05, 0) is 67.8 Å². The highest BCUT2D eigenvalue weighted by Crippen LogP contribution is 2.22. The van der Waals surface area contributed by atoms with Gasteiger partial charge < -0.3 is 25.8 Å². The number of carboxylic acid groups (broad SMARTS) is 1. The summed E-state index contributed by atoms with van der Waals surface area (Å²) >= 11 is 0. The number of ether oxygens (including phenoxy) is 1. The van der Waals surface area contributed by atoms with Crippen molar-refractivity contribution in [1.29, 1.82) is 0 Å². The molecule has 3 rings (SSSR count). The Morgan fingerprint density at radius 3 is 2.41 bits per heavy atom. The minimum atomic E-state index is -1.03. The molecule has 1 aliphatic rings. The summed E-state index contributed by atoms with van der Waals surface area (Å²) < 4.78 is 5.60. The Morgan fingerprint density at radius 2 is 1.74 bits per heavy atom. The van der Waals surface area contributed by atoms with E-state index in [1.54, 1.807) is 24.3 Å². The monoisotopic (exact) mass is 489 g/mol. The molecule has 1 aliphatic heterocycles. The zero-order valence-electron chi connectivity index (χ0n) is 19.4. The number of hydrogen-bond acceptors (Lipinski definition) is 5. The first-order chi connectivity index (χ1) is 15.8. The van der Waals surface area contributed by atoms with E-state index in [1.165, 1.54) is 5.56 Å². The molecule has 8 nitrogen and oxygen atoms in total. The van der Waals surface area contributed by atoms with Crippen LogP contribution < -0.4 is 20.7 Å². The third-order valence-electron chi connectivity index (χ3n) is 5.32. The van der Waals surface area contributed by atoms with Crippen molar-refractivity contribution in [3.05, 3.63) is 59.2 Å². The lowest BCUT2D eigenvalue weighted by Crippen LogP contribution is -2.30. The fraction of sp³-hybridized carbons (Fsp3) is 0.400. The van der Waals surface area contributed by atoms with E-state index < -0.39 is 12.0 Å². The van der Waals surface area contributed by atoms with Gasteiger partial charge in [-0.2, -0.15) is 0 Å². The van der Waals surface area contributed by atoms with Crippen LogP contribution in [0.1, 0.15) is 55.8 Å². The standard InChI is InChI=1S/C25H31N3O5.ClH/c1-16(2)33-21-7-4-18(5-8-21)22(14-25(31)32)28-24(30)10-9-23(29)27-20-6-3-17-11-12-26-15-19(17)13-20;/h3-8,13,16,22,26H,9-12,14-15H2,1-2H3,(H,27,29)(H,28,30)(H,31,32);1H. The van der Waals surface area contributed by atoms with Gasteiger partial charge in [0.1, 0.15) is 5.75 Å². The number of anilines is 1. The second-order valence-electron chi connectivity index (χ2n) is 8.41. The molecular weight excluding hydrogens is 458 g/mol. The van der Waals surface area contributed by atoms with Crippen molar-refractivity contribution in [3.8, 4) is 5.75 Å². The van der Waals surface area contributed by atoms with Crippen LogP contribution in [-0.2, 0) is 27.3 Å². The van der Waals surface area contributed by atoms with Gasteiger partial charge in [0.05, 0.1) is 18.6 Å². The Morgan fingerprint density at radius 1 is 1.03 bits per heavy atom. The first kappa shape index (κ1) is 27.1. The maximum atomic E-state index is 12.5. The molecule has 1 unspecified atom stereocenters. The quantitative estimate of drug-likeness (QED) is 0.405. The number of carboxylic acids is 1. The van der Waals surface area contributed by atoms with Crippen molar-refractivity contribution >= 4 is 35.9 Å². The van der Waals surface area contributed by atoms with Crippen LogP contribution in [0.15, 0.2) is 42.5 Å². The lowest BCUT2D eigenvalue weighted by atomic mass is 10.0. The van der Waals surface area contributed by atoms with Gasteiger partial charge in [-0.15, -0.1) is 12.4 Å². The second kappa shape index (κ2) is 13.0. The number of carbonyl (C=O) groups is 3. The van der Waals surface area contributed by atoms with Crippen molar-refractivity contribution in [2.75, 3.05) is 11.9 Å². The predicted molar refractivity (Wildman–Crippen MR) is 132 cm³/mol. The van der Waals surface area contributed by atoms with E-state index in [9.17, 15) is 19.5 Å². The smallest absolute Gasteiger partial charge is 0.305 e. The van der Waals surface area contributed by atoms with Crippen LogP contribution in [0.25, 0.3) is 0 Å². The molecule has 184 valence electrons. The number of rotatable bonds is 10. The fourth-order valence-electron chi connectivity index (χ4n) is 3.75. The molecule has 2 aromatic rings. The number of aliphatic carboxylic acids is 1. The average Bonchev–Trinajstić information content (AvgIpc) is 2.77. The van der Waals surface area contributed by atoms with E-state index >= 15 is 0 Å². The summed E-state index contributed by atoms with van der Waals surface area (Å²) in [5, 5.41) is 18.1. The maximum absolute atomic E-state index is 12.5. The van der Waals surface area contributed by atoms with Gasteiger partial charge in [-0.3, -0.25) is 14.4 Å². The van der Waals surface area contributed by atoms with Crippen LogP contribution in [0.2, 0.25) is 0 Å². The third kappa shape index (κ3) is 8.35. The van der Waals surface area contributed by atoms with E-state index in [0.29, 0.717) is 17.0 Å². The second-order valence-corrected chi connectivity index (χ2v) is 8.41. The fourth-order valence-corrected chi connectivity index (χ4v) is 3.75. The predicted octanol–water partition coefficient (Wildman–Crippen LogP) is 3.59. The van der Waals surface area contributed by atoms with Crippen molar-refractivity contribution in [2.45, 2.75) is 58.2 Å². The van der Waals surface area contributed by atoms with Crippen molar-refractivity contribution in [3.63, 3.8) is 0 Å². The summed E-state index contributed by atoms with van der Waals surface area (Å²) in [6.07, 6.45) is 0.695. The van der Waals surface area contributed by atoms with Crippen molar-refractivity contribution < 1.29 is 24.2 Å². The lowest BCUT2D eigenvalue weighted by Gasteiger charge is -2.19. The molecule has 1 atom stereocenters. The minimum absolute atomic E-state index is 0. The van der Waals surface area contributed by atoms with Crippen LogP contribution in [-0.4, -0.2) is 35.5 Å². The summed E-state index contributed by atoms with van der Waals surface area (Å²) in [6.45, 7) is 5.56. The molecule has 0 saturated heterocycles.